The predicted molar refractivity (Wildman–Crippen MR) is 86.5 cm³/mol. The standard InChI is InChI=1S/C16H26ClN3/c1-3-18-10-14-9-15(17)16(19-11-14)20(2)12-13-7-5-4-6-8-13/h9,11,13,18H,3-8,10,12H2,1-2H3. The van der Waals surface area contributed by atoms with E-state index in [1.807, 2.05) is 12.3 Å². The zero-order chi connectivity index (χ0) is 14.4. The van der Waals surface area contributed by atoms with Gasteiger partial charge in [0.05, 0.1) is 5.02 Å². The fraction of sp³-hybridized carbons (Fsp3) is 0.688. The maximum atomic E-state index is 6.39. The molecule has 0 atom stereocenters. The number of rotatable bonds is 6. The lowest BCUT2D eigenvalue weighted by Gasteiger charge is -2.28. The van der Waals surface area contributed by atoms with Crippen molar-refractivity contribution in [2.24, 2.45) is 5.92 Å². The molecule has 3 nitrogen and oxygen atoms in total. The van der Waals surface area contributed by atoms with Crippen LogP contribution in [0.25, 0.3) is 0 Å². The van der Waals surface area contributed by atoms with Gasteiger partial charge in [-0.1, -0.05) is 37.8 Å². The molecule has 1 aliphatic rings. The second kappa shape index (κ2) is 7.84. The van der Waals surface area contributed by atoms with E-state index in [0.717, 1.165) is 42.0 Å². The van der Waals surface area contributed by atoms with Crippen LogP contribution in [-0.2, 0) is 6.54 Å². The summed E-state index contributed by atoms with van der Waals surface area (Å²) in [6.45, 7) is 4.96. The minimum absolute atomic E-state index is 0.763. The van der Waals surface area contributed by atoms with Crippen molar-refractivity contribution in [3.05, 3.63) is 22.8 Å². The van der Waals surface area contributed by atoms with Crippen molar-refractivity contribution in [3.63, 3.8) is 0 Å². The molecular formula is C16H26ClN3. The second-order valence-corrected chi connectivity index (χ2v) is 6.22. The molecule has 0 bridgehead atoms. The number of nitrogens with one attached hydrogen (secondary N) is 1. The van der Waals surface area contributed by atoms with Gasteiger partial charge in [-0.15, -0.1) is 0 Å². The summed E-state index contributed by atoms with van der Waals surface area (Å²) < 4.78 is 0. The normalized spacial score (nSPS) is 16.4. The van der Waals surface area contributed by atoms with Crippen molar-refractivity contribution in [1.29, 1.82) is 0 Å². The highest BCUT2D eigenvalue weighted by Gasteiger charge is 2.17. The van der Waals surface area contributed by atoms with Crippen LogP contribution >= 0.6 is 11.6 Å². The van der Waals surface area contributed by atoms with Gasteiger partial charge in [-0.25, -0.2) is 4.98 Å². The Balaban J connectivity index is 1.96. The minimum atomic E-state index is 0.763. The monoisotopic (exact) mass is 295 g/mol. The molecule has 4 heteroatoms. The third-order valence-corrected chi connectivity index (χ3v) is 4.35. The first kappa shape index (κ1) is 15.6. The van der Waals surface area contributed by atoms with Gasteiger partial charge in [0.15, 0.2) is 0 Å². The van der Waals surface area contributed by atoms with E-state index in [1.54, 1.807) is 0 Å². The summed E-state index contributed by atoms with van der Waals surface area (Å²) in [6.07, 6.45) is 8.78. The molecule has 0 unspecified atom stereocenters. The van der Waals surface area contributed by atoms with Gasteiger partial charge in [0.2, 0.25) is 0 Å². The molecule has 0 saturated heterocycles. The molecule has 1 aliphatic carbocycles. The highest BCUT2D eigenvalue weighted by atomic mass is 35.5. The Morgan fingerprint density at radius 1 is 1.35 bits per heavy atom. The molecule has 1 N–H and O–H groups in total. The number of anilines is 1. The third kappa shape index (κ3) is 4.35. The van der Waals surface area contributed by atoms with Gasteiger partial charge in [-0.05, 0) is 36.9 Å². The Labute approximate surface area is 127 Å². The quantitative estimate of drug-likeness (QED) is 0.864. The van der Waals surface area contributed by atoms with Gasteiger partial charge in [0.1, 0.15) is 5.82 Å². The molecule has 112 valence electrons. The molecule has 0 spiro atoms. The predicted octanol–water partition coefficient (Wildman–Crippen LogP) is 3.86. The molecule has 0 aromatic carbocycles. The molecule has 0 aliphatic heterocycles. The van der Waals surface area contributed by atoms with Crippen molar-refractivity contribution < 1.29 is 0 Å². The minimum Gasteiger partial charge on any atom is -0.358 e. The van der Waals surface area contributed by atoms with Crippen LogP contribution < -0.4 is 10.2 Å². The van der Waals surface area contributed by atoms with Crippen LogP contribution in [0.1, 0.15) is 44.6 Å². The van der Waals surface area contributed by atoms with E-state index in [-0.39, 0.29) is 0 Å². The Morgan fingerprint density at radius 3 is 2.75 bits per heavy atom. The summed E-state index contributed by atoms with van der Waals surface area (Å²) in [7, 11) is 2.10. The van der Waals surface area contributed by atoms with Crippen LogP contribution in [0.5, 0.6) is 0 Å². The molecule has 1 aromatic heterocycles. The fourth-order valence-corrected chi connectivity index (χ4v) is 3.29. The van der Waals surface area contributed by atoms with E-state index in [9.17, 15) is 0 Å². The maximum Gasteiger partial charge on any atom is 0.147 e. The summed E-state index contributed by atoms with van der Waals surface area (Å²) in [4.78, 5) is 6.77. The third-order valence-electron chi connectivity index (χ3n) is 4.08. The molecular weight excluding hydrogens is 270 g/mol. The first-order valence-corrected chi connectivity index (χ1v) is 8.14. The average molecular weight is 296 g/mol. The van der Waals surface area contributed by atoms with E-state index >= 15 is 0 Å². The Hall–Kier alpha value is -0.800. The van der Waals surface area contributed by atoms with Crippen molar-refractivity contribution >= 4 is 17.4 Å². The first-order chi connectivity index (χ1) is 9.70. The Morgan fingerprint density at radius 2 is 2.10 bits per heavy atom. The van der Waals surface area contributed by atoms with Gasteiger partial charge in [0.25, 0.3) is 0 Å². The maximum absolute atomic E-state index is 6.39. The van der Waals surface area contributed by atoms with Gasteiger partial charge < -0.3 is 10.2 Å². The topological polar surface area (TPSA) is 28.2 Å². The van der Waals surface area contributed by atoms with Crippen LogP contribution in [0.3, 0.4) is 0 Å². The van der Waals surface area contributed by atoms with Crippen LogP contribution in [-0.4, -0.2) is 25.1 Å². The van der Waals surface area contributed by atoms with Crippen molar-refractivity contribution in [2.45, 2.75) is 45.6 Å². The van der Waals surface area contributed by atoms with Crippen molar-refractivity contribution in [3.8, 4) is 0 Å². The molecule has 20 heavy (non-hydrogen) atoms. The molecule has 0 amide bonds. The highest BCUT2D eigenvalue weighted by Crippen LogP contribution is 2.28. The summed E-state index contributed by atoms with van der Waals surface area (Å²) in [5.41, 5.74) is 1.15. The van der Waals surface area contributed by atoms with E-state index in [1.165, 1.54) is 32.1 Å². The zero-order valence-corrected chi connectivity index (χ0v) is 13.4. The second-order valence-electron chi connectivity index (χ2n) is 5.81. The number of hydrogen-bond donors (Lipinski definition) is 1. The first-order valence-electron chi connectivity index (χ1n) is 7.77. The number of halogens is 1. The van der Waals surface area contributed by atoms with E-state index in [4.69, 9.17) is 11.6 Å². The van der Waals surface area contributed by atoms with Crippen LogP contribution in [0.4, 0.5) is 5.82 Å². The number of aromatic nitrogens is 1. The van der Waals surface area contributed by atoms with Gasteiger partial charge in [0, 0.05) is 26.3 Å². The Bertz CT molecular complexity index is 416. The summed E-state index contributed by atoms with van der Waals surface area (Å²) in [6, 6.07) is 2.03. The fourth-order valence-electron chi connectivity index (χ4n) is 2.96. The van der Waals surface area contributed by atoms with Crippen LogP contribution in [0.2, 0.25) is 5.02 Å². The zero-order valence-electron chi connectivity index (χ0n) is 12.7. The van der Waals surface area contributed by atoms with Crippen molar-refractivity contribution in [1.82, 2.24) is 10.3 Å². The van der Waals surface area contributed by atoms with E-state index in [0.29, 0.717) is 0 Å². The largest absolute Gasteiger partial charge is 0.358 e. The van der Waals surface area contributed by atoms with Crippen molar-refractivity contribution in [2.75, 3.05) is 25.0 Å². The number of nitrogens with zero attached hydrogens (tertiary/aromatic N) is 2. The van der Waals surface area contributed by atoms with Gasteiger partial charge in [-0.2, -0.15) is 0 Å². The number of pyridine rings is 1. The molecule has 0 radical (unpaired) electrons. The van der Waals surface area contributed by atoms with Crippen LogP contribution in [0, 0.1) is 5.92 Å². The lowest BCUT2D eigenvalue weighted by molar-refractivity contribution is 0.361. The molecule has 1 aromatic rings. The average Bonchev–Trinajstić information content (AvgIpc) is 2.46. The van der Waals surface area contributed by atoms with Gasteiger partial charge >= 0.3 is 0 Å². The summed E-state index contributed by atoms with van der Waals surface area (Å²) in [5.74, 6) is 1.71. The smallest absolute Gasteiger partial charge is 0.147 e. The lowest BCUT2D eigenvalue weighted by atomic mass is 9.89. The summed E-state index contributed by atoms with van der Waals surface area (Å²) >= 11 is 6.39. The highest BCUT2D eigenvalue weighted by molar-refractivity contribution is 6.33. The van der Waals surface area contributed by atoms with E-state index < -0.39 is 0 Å². The van der Waals surface area contributed by atoms with Gasteiger partial charge in [-0.3, -0.25) is 0 Å². The van der Waals surface area contributed by atoms with E-state index in [2.05, 4.69) is 29.2 Å². The lowest BCUT2D eigenvalue weighted by Crippen LogP contribution is -2.27. The Kier molecular flexibility index (Phi) is 6.11. The SMILES string of the molecule is CCNCc1cnc(N(C)CC2CCCCC2)c(Cl)c1. The molecule has 1 heterocycles. The molecule has 1 saturated carbocycles. The number of hydrogen-bond acceptors (Lipinski definition) is 3. The molecule has 2 rings (SSSR count). The van der Waals surface area contributed by atoms with Crippen LogP contribution in [0.15, 0.2) is 12.3 Å². The molecule has 1 fully saturated rings. The summed E-state index contributed by atoms with van der Waals surface area (Å²) in [5, 5.41) is 4.06.